The molecule has 18 heavy (non-hydrogen) atoms. The molecule has 98 valence electrons. The lowest BCUT2D eigenvalue weighted by Gasteiger charge is -2.20. The summed E-state index contributed by atoms with van der Waals surface area (Å²) in [5.41, 5.74) is 5.83. The third kappa shape index (κ3) is 2.56. The number of likely N-dealkylation sites (N-methyl/N-ethyl adjacent to an activating group) is 1. The molecular formula is C13H21N5. The van der Waals surface area contributed by atoms with Gasteiger partial charge in [0, 0.05) is 24.6 Å². The molecule has 2 aliphatic rings. The second-order valence-electron chi connectivity index (χ2n) is 5.47. The Bertz CT molecular complexity index is 429. The van der Waals surface area contributed by atoms with Crippen molar-refractivity contribution >= 4 is 11.6 Å². The Labute approximate surface area is 108 Å². The first-order valence-corrected chi connectivity index (χ1v) is 6.81. The molecule has 2 heterocycles. The first-order chi connectivity index (χ1) is 8.72. The maximum Gasteiger partial charge on any atom is 0.136 e. The lowest BCUT2D eigenvalue weighted by atomic mass is 10.2. The van der Waals surface area contributed by atoms with Gasteiger partial charge in [-0.2, -0.15) is 0 Å². The first-order valence-electron chi connectivity index (χ1n) is 6.81. The Morgan fingerprint density at radius 2 is 2.22 bits per heavy atom. The van der Waals surface area contributed by atoms with Crippen molar-refractivity contribution in [3.05, 3.63) is 11.9 Å². The van der Waals surface area contributed by atoms with Crippen molar-refractivity contribution in [1.29, 1.82) is 0 Å². The van der Waals surface area contributed by atoms with E-state index in [0.717, 1.165) is 18.2 Å². The van der Waals surface area contributed by atoms with Crippen LogP contribution in [-0.4, -0.2) is 41.0 Å². The number of nitrogens with zero attached hydrogens (tertiary/aromatic N) is 3. The number of aromatic nitrogens is 2. The van der Waals surface area contributed by atoms with E-state index in [1.807, 2.05) is 6.07 Å². The topological polar surface area (TPSA) is 67.1 Å². The van der Waals surface area contributed by atoms with Gasteiger partial charge in [0.05, 0.1) is 0 Å². The standard InChI is InChI=1S/C13H21N5/c1-18-6-2-3-10(18)8-15-12-7-11(14)16-13(17-12)9-4-5-9/h7,9-10H,2-6,8H2,1H3,(H3,14,15,16,17). The number of nitrogens with two attached hydrogens (primary N) is 1. The third-order valence-corrected chi connectivity index (χ3v) is 3.90. The van der Waals surface area contributed by atoms with Crippen molar-refractivity contribution in [2.75, 3.05) is 31.2 Å². The fourth-order valence-corrected chi connectivity index (χ4v) is 2.56. The molecule has 1 aromatic heterocycles. The van der Waals surface area contributed by atoms with Gasteiger partial charge in [-0.3, -0.25) is 0 Å². The van der Waals surface area contributed by atoms with Gasteiger partial charge in [0.1, 0.15) is 17.5 Å². The zero-order chi connectivity index (χ0) is 12.5. The predicted octanol–water partition coefficient (Wildman–Crippen LogP) is 1.44. The minimum Gasteiger partial charge on any atom is -0.384 e. The minimum atomic E-state index is 0.545. The van der Waals surface area contributed by atoms with Gasteiger partial charge >= 0.3 is 0 Å². The van der Waals surface area contributed by atoms with E-state index in [2.05, 4.69) is 27.2 Å². The lowest BCUT2D eigenvalue weighted by Crippen LogP contribution is -2.31. The van der Waals surface area contributed by atoms with Crippen molar-refractivity contribution in [3.63, 3.8) is 0 Å². The van der Waals surface area contributed by atoms with Crippen LogP contribution in [0.3, 0.4) is 0 Å². The van der Waals surface area contributed by atoms with Gasteiger partial charge in [-0.15, -0.1) is 0 Å². The van der Waals surface area contributed by atoms with Gasteiger partial charge < -0.3 is 16.0 Å². The van der Waals surface area contributed by atoms with Gasteiger partial charge in [-0.05, 0) is 39.3 Å². The van der Waals surface area contributed by atoms with Crippen LogP contribution in [-0.2, 0) is 0 Å². The second-order valence-corrected chi connectivity index (χ2v) is 5.47. The number of anilines is 2. The summed E-state index contributed by atoms with van der Waals surface area (Å²) in [6, 6.07) is 2.45. The van der Waals surface area contributed by atoms with Gasteiger partial charge in [0.2, 0.25) is 0 Å². The Morgan fingerprint density at radius 3 is 2.89 bits per heavy atom. The van der Waals surface area contributed by atoms with Crippen LogP contribution in [0.1, 0.15) is 37.4 Å². The smallest absolute Gasteiger partial charge is 0.136 e. The van der Waals surface area contributed by atoms with E-state index in [0.29, 0.717) is 17.8 Å². The van der Waals surface area contributed by atoms with E-state index >= 15 is 0 Å². The Hall–Kier alpha value is -1.36. The summed E-state index contributed by atoms with van der Waals surface area (Å²) in [5.74, 6) is 2.92. The highest BCUT2D eigenvalue weighted by molar-refractivity contribution is 5.45. The largest absolute Gasteiger partial charge is 0.384 e. The van der Waals surface area contributed by atoms with Crippen LogP contribution in [0.2, 0.25) is 0 Å². The predicted molar refractivity (Wildman–Crippen MR) is 72.6 cm³/mol. The maximum atomic E-state index is 5.83. The highest BCUT2D eigenvalue weighted by Gasteiger charge is 2.27. The first kappa shape index (κ1) is 11.7. The third-order valence-electron chi connectivity index (χ3n) is 3.90. The molecule has 1 atom stereocenters. The number of rotatable bonds is 4. The van der Waals surface area contributed by atoms with E-state index in [9.17, 15) is 0 Å². The molecule has 0 aromatic carbocycles. The molecule has 0 amide bonds. The molecule has 3 rings (SSSR count). The monoisotopic (exact) mass is 247 g/mol. The molecule has 1 aliphatic heterocycles. The summed E-state index contributed by atoms with van der Waals surface area (Å²) in [6.45, 7) is 2.14. The molecule has 5 nitrogen and oxygen atoms in total. The molecule has 0 spiro atoms. The highest BCUT2D eigenvalue weighted by atomic mass is 15.2. The van der Waals surface area contributed by atoms with E-state index < -0.39 is 0 Å². The Kier molecular flexibility index (Phi) is 3.07. The van der Waals surface area contributed by atoms with Crippen molar-refractivity contribution in [1.82, 2.24) is 14.9 Å². The van der Waals surface area contributed by atoms with E-state index in [1.54, 1.807) is 0 Å². The van der Waals surface area contributed by atoms with Crippen LogP contribution in [0.15, 0.2) is 6.07 Å². The van der Waals surface area contributed by atoms with Crippen molar-refractivity contribution < 1.29 is 0 Å². The summed E-state index contributed by atoms with van der Waals surface area (Å²) in [7, 11) is 2.18. The quantitative estimate of drug-likeness (QED) is 0.842. The zero-order valence-corrected chi connectivity index (χ0v) is 10.9. The molecule has 5 heteroatoms. The molecule has 0 bridgehead atoms. The van der Waals surface area contributed by atoms with Crippen LogP contribution in [0.5, 0.6) is 0 Å². The summed E-state index contributed by atoms with van der Waals surface area (Å²) < 4.78 is 0. The van der Waals surface area contributed by atoms with Crippen LogP contribution >= 0.6 is 0 Å². The zero-order valence-electron chi connectivity index (χ0n) is 10.9. The minimum absolute atomic E-state index is 0.545. The number of hydrogen-bond donors (Lipinski definition) is 2. The summed E-state index contributed by atoms with van der Waals surface area (Å²) in [6.07, 6.45) is 4.96. The fourth-order valence-electron chi connectivity index (χ4n) is 2.56. The number of nitrogens with one attached hydrogen (secondary N) is 1. The van der Waals surface area contributed by atoms with Crippen molar-refractivity contribution in [3.8, 4) is 0 Å². The van der Waals surface area contributed by atoms with E-state index in [4.69, 9.17) is 5.73 Å². The fraction of sp³-hybridized carbons (Fsp3) is 0.692. The maximum absolute atomic E-state index is 5.83. The van der Waals surface area contributed by atoms with Crippen LogP contribution < -0.4 is 11.1 Å². The highest BCUT2D eigenvalue weighted by Crippen LogP contribution is 2.38. The molecule has 1 unspecified atom stereocenters. The molecule has 2 fully saturated rings. The van der Waals surface area contributed by atoms with E-state index in [1.165, 1.54) is 32.2 Å². The molecule has 1 aliphatic carbocycles. The number of nitrogen functional groups attached to an aromatic ring is 1. The van der Waals surface area contributed by atoms with E-state index in [-0.39, 0.29) is 0 Å². The molecule has 1 saturated heterocycles. The Morgan fingerprint density at radius 1 is 1.39 bits per heavy atom. The van der Waals surface area contributed by atoms with Gasteiger partial charge in [-0.1, -0.05) is 0 Å². The average molecular weight is 247 g/mol. The number of hydrogen-bond acceptors (Lipinski definition) is 5. The van der Waals surface area contributed by atoms with Crippen molar-refractivity contribution in [2.45, 2.75) is 37.6 Å². The molecule has 3 N–H and O–H groups in total. The van der Waals surface area contributed by atoms with Gasteiger partial charge in [0.25, 0.3) is 0 Å². The molecular weight excluding hydrogens is 226 g/mol. The summed E-state index contributed by atoms with van der Waals surface area (Å²) in [4.78, 5) is 11.3. The molecule has 1 saturated carbocycles. The normalized spacial score (nSPS) is 24.4. The van der Waals surface area contributed by atoms with Crippen LogP contribution in [0, 0.1) is 0 Å². The van der Waals surface area contributed by atoms with Crippen LogP contribution in [0.25, 0.3) is 0 Å². The second kappa shape index (κ2) is 4.72. The lowest BCUT2D eigenvalue weighted by molar-refractivity contribution is 0.322. The average Bonchev–Trinajstić information content (AvgIpc) is 3.11. The molecule has 0 radical (unpaired) electrons. The van der Waals surface area contributed by atoms with Gasteiger partial charge in [0.15, 0.2) is 0 Å². The SMILES string of the molecule is CN1CCCC1CNc1cc(N)nc(C2CC2)n1. The summed E-state index contributed by atoms with van der Waals surface area (Å²) >= 11 is 0. The van der Waals surface area contributed by atoms with Gasteiger partial charge in [-0.25, -0.2) is 9.97 Å². The molecule has 1 aromatic rings. The summed E-state index contributed by atoms with van der Waals surface area (Å²) in [5, 5.41) is 3.41. The van der Waals surface area contributed by atoms with Crippen LogP contribution in [0.4, 0.5) is 11.6 Å². The Balaban J connectivity index is 1.64. The van der Waals surface area contributed by atoms with Crippen molar-refractivity contribution in [2.24, 2.45) is 0 Å². The number of likely N-dealkylation sites (tertiary alicyclic amines) is 1.